The molecular weight excluding hydrogens is 394 g/mol. The Morgan fingerprint density at radius 3 is 2.31 bits per heavy atom. The second-order valence-electron chi connectivity index (χ2n) is 8.72. The first-order chi connectivity index (χ1) is 11.9. The van der Waals surface area contributed by atoms with Crippen LogP contribution in [0.2, 0.25) is 0 Å². The van der Waals surface area contributed by atoms with Crippen LogP contribution in [0, 0.1) is 5.92 Å². The molecule has 1 N–H and O–H groups in total. The summed E-state index contributed by atoms with van der Waals surface area (Å²) in [6.07, 6.45) is 7.13. The predicted molar refractivity (Wildman–Crippen MR) is 95.7 cm³/mol. The van der Waals surface area contributed by atoms with E-state index in [0.29, 0.717) is 17.6 Å². The lowest BCUT2D eigenvalue weighted by Crippen LogP contribution is -3.00. The van der Waals surface area contributed by atoms with E-state index in [0.717, 1.165) is 43.0 Å². The molecule has 0 amide bonds. The molecule has 0 radical (unpaired) electrons. The molecule has 1 saturated carbocycles. The molecule has 4 atom stereocenters. The molecule has 144 valence electrons. The van der Waals surface area contributed by atoms with Gasteiger partial charge in [-0.1, -0.05) is 43.2 Å². The highest BCUT2D eigenvalue weighted by Gasteiger charge is 2.58. The van der Waals surface area contributed by atoms with Gasteiger partial charge in [0.25, 0.3) is 0 Å². The number of carbonyl (C=O) groups is 1. The van der Waals surface area contributed by atoms with Gasteiger partial charge < -0.3 is 31.3 Å². The van der Waals surface area contributed by atoms with Crippen LogP contribution in [-0.2, 0) is 15.1 Å². The van der Waals surface area contributed by atoms with Crippen molar-refractivity contribution >= 4 is 5.97 Å². The van der Waals surface area contributed by atoms with Crippen molar-refractivity contribution in [2.24, 2.45) is 5.92 Å². The van der Waals surface area contributed by atoms with E-state index in [-0.39, 0.29) is 29.0 Å². The van der Waals surface area contributed by atoms with Crippen LogP contribution in [0.4, 0.5) is 0 Å². The highest BCUT2D eigenvalue weighted by Crippen LogP contribution is 2.46. The normalized spacial score (nSPS) is 32.0. The van der Waals surface area contributed by atoms with Crippen LogP contribution >= 0.6 is 0 Å². The average Bonchev–Trinajstić information content (AvgIpc) is 3.30. The Bertz CT molecular complexity index is 644. The standard InChI is InChI=1S/C21H30NO3.BrH/c1-22(2)17-12-13-18(22)19(14-17)25-20(23)21(24,16-10-6-7-11-16)15-8-4-3-5-9-15;/h3-5,8-9,16-19,24H,6-7,10-14H2,1-2H3;1H/q+1;/p-1/t17?,18-,19+,21-;/m0./s1. The number of likely N-dealkylation sites (N-methyl/N-ethyl adjacent to an activating group) is 1. The molecule has 1 unspecified atom stereocenters. The number of hydrogen-bond acceptors (Lipinski definition) is 3. The topological polar surface area (TPSA) is 46.5 Å². The highest BCUT2D eigenvalue weighted by atomic mass is 79.9. The monoisotopic (exact) mass is 423 g/mol. The Hall–Kier alpha value is -0.910. The van der Waals surface area contributed by atoms with Crippen LogP contribution in [-0.4, -0.2) is 47.8 Å². The number of esters is 1. The number of ether oxygens (including phenoxy) is 1. The zero-order chi connectivity index (χ0) is 17.7. The van der Waals surface area contributed by atoms with Gasteiger partial charge in [0.2, 0.25) is 0 Å². The van der Waals surface area contributed by atoms with Crippen LogP contribution < -0.4 is 17.0 Å². The van der Waals surface area contributed by atoms with E-state index >= 15 is 0 Å². The van der Waals surface area contributed by atoms with Gasteiger partial charge in [-0.3, -0.25) is 0 Å². The molecule has 4 nitrogen and oxygen atoms in total. The van der Waals surface area contributed by atoms with Crippen LogP contribution in [0.5, 0.6) is 0 Å². The molecule has 4 rings (SSSR count). The third-order valence-corrected chi connectivity index (χ3v) is 7.25. The van der Waals surface area contributed by atoms with Crippen LogP contribution in [0.3, 0.4) is 0 Å². The maximum Gasteiger partial charge on any atom is 0.343 e. The fourth-order valence-corrected chi connectivity index (χ4v) is 5.64. The first-order valence-electron chi connectivity index (χ1n) is 9.76. The summed E-state index contributed by atoms with van der Waals surface area (Å²) in [5, 5.41) is 11.5. The Labute approximate surface area is 166 Å². The molecule has 2 bridgehead atoms. The Morgan fingerprint density at radius 2 is 1.77 bits per heavy atom. The van der Waals surface area contributed by atoms with Crippen molar-refractivity contribution < 1.29 is 36.1 Å². The predicted octanol–water partition coefficient (Wildman–Crippen LogP) is -0.00870. The number of benzene rings is 1. The number of halogens is 1. The zero-order valence-electron chi connectivity index (χ0n) is 15.7. The maximum absolute atomic E-state index is 13.2. The number of carbonyl (C=O) groups excluding carboxylic acids is 1. The Kier molecular flexibility index (Phi) is 5.53. The van der Waals surface area contributed by atoms with Crippen molar-refractivity contribution in [1.29, 1.82) is 0 Å². The molecule has 2 saturated heterocycles. The van der Waals surface area contributed by atoms with Crippen LogP contribution in [0.1, 0.15) is 50.5 Å². The molecule has 1 aromatic carbocycles. The van der Waals surface area contributed by atoms with E-state index < -0.39 is 11.6 Å². The second kappa shape index (κ2) is 7.25. The van der Waals surface area contributed by atoms with Gasteiger partial charge >= 0.3 is 5.97 Å². The largest absolute Gasteiger partial charge is 1.00 e. The number of hydrogen-bond donors (Lipinski definition) is 1. The maximum atomic E-state index is 13.2. The van der Waals surface area contributed by atoms with E-state index in [1.165, 1.54) is 6.42 Å². The van der Waals surface area contributed by atoms with Crippen molar-refractivity contribution in [3.8, 4) is 0 Å². The van der Waals surface area contributed by atoms with E-state index in [9.17, 15) is 9.90 Å². The fourth-order valence-electron chi connectivity index (χ4n) is 5.64. The summed E-state index contributed by atoms with van der Waals surface area (Å²) in [6, 6.07) is 10.4. The van der Waals surface area contributed by atoms with Crippen LogP contribution in [0.15, 0.2) is 30.3 Å². The van der Waals surface area contributed by atoms with Gasteiger partial charge in [0.1, 0.15) is 6.04 Å². The number of rotatable bonds is 4. The summed E-state index contributed by atoms with van der Waals surface area (Å²) in [6.45, 7) is 0. The Balaban J connectivity index is 0.00000196. The second-order valence-corrected chi connectivity index (χ2v) is 8.72. The third-order valence-electron chi connectivity index (χ3n) is 7.25. The summed E-state index contributed by atoms with van der Waals surface area (Å²) >= 11 is 0. The Morgan fingerprint density at radius 1 is 1.12 bits per heavy atom. The molecule has 5 heteroatoms. The van der Waals surface area contributed by atoms with Crippen LogP contribution in [0.25, 0.3) is 0 Å². The quantitative estimate of drug-likeness (QED) is 0.547. The molecule has 1 aliphatic carbocycles. The zero-order valence-corrected chi connectivity index (χ0v) is 17.3. The molecule has 0 spiro atoms. The minimum Gasteiger partial charge on any atom is -1.00 e. The van der Waals surface area contributed by atoms with Gasteiger partial charge in [0.15, 0.2) is 11.7 Å². The lowest BCUT2D eigenvalue weighted by atomic mass is 9.80. The lowest BCUT2D eigenvalue weighted by Gasteiger charge is -2.35. The molecule has 0 aromatic heterocycles. The number of fused-ring (bicyclic) bond motifs is 2. The molecule has 2 aliphatic heterocycles. The minimum atomic E-state index is -1.50. The molecule has 2 heterocycles. The van der Waals surface area contributed by atoms with Gasteiger partial charge in [-0.05, 0) is 18.4 Å². The first kappa shape index (κ1) is 19.8. The molecule has 26 heavy (non-hydrogen) atoms. The fraction of sp³-hybridized carbons (Fsp3) is 0.667. The van der Waals surface area contributed by atoms with Crippen molar-refractivity contribution in [1.82, 2.24) is 0 Å². The molecule has 3 aliphatic rings. The van der Waals surface area contributed by atoms with Crippen molar-refractivity contribution in [2.45, 2.75) is 68.7 Å². The summed E-state index contributed by atoms with van der Waals surface area (Å²) < 4.78 is 6.96. The van der Waals surface area contributed by atoms with E-state index in [1.807, 2.05) is 30.3 Å². The van der Waals surface area contributed by atoms with Crippen molar-refractivity contribution in [3.05, 3.63) is 35.9 Å². The summed E-state index contributed by atoms with van der Waals surface area (Å²) in [7, 11) is 4.49. The molecule has 1 aromatic rings. The third kappa shape index (κ3) is 3.02. The van der Waals surface area contributed by atoms with E-state index in [1.54, 1.807) is 0 Å². The summed E-state index contributed by atoms with van der Waals surface area (Å²) in [5.41, 5.74) is -0.819. The average molecular weight is 424 g/mol. The number of aliphatic hydroxyl groups is 1. The SMILES string of the molecule is C[N+]1(C)C2CC[C@H]1[C@H](OC(=O)[C@](O)(c1ccccc1)C1CCCC1)C2.[Br-]. The van der Waals surface area contributed by atoms with Gasteiger partial charge in [-0.2, -0.15) is 0 Å². The number of nitrogens with zero attached hydrogens (tertiary/aromatic N) is 1. The summed E-state index contributed by atoms with van der Waals surface area (Å²) in [5.74, 6) is -0.466. The highest BCUT2D eigenvalue weighted by molar-refractivity contribution is 5.82. The van der Waals surface area contributed by atoms with Crippen molar-refractivity contribution in [3.63, 3.8) is 0 Å². The number of quaternary nitrogens is 1. The van der Waals surface area contributed by atoms with Crippen molar-refractivity contribution in [2.75, 3.05) is 14.1 Å². The van der Waals surface area contributed by atoms with Gasteiger partial charge in [-0.25, -0.2) is 4.79 Å². The smallest absolute Gasteiger partial charge is 0.343 e. The summed E-state index contributed by atoms with van der Waals surface area (Å²) in [4.78, 5) is 13.2. The van der Waals surface area contributed by atoms with E-state index in [2.05, 4.69) is 14.1 Å². The molecule has 3 fully saturated rings. The lowest BCUT2D eigenvalue weighted by molar-refractivity contribution is -0.913. The minimum absolute atomic E-state index is 0. The van der Waals surface area contributed by atoms with Gasteiger partial charge in [0.05, 0.1) is 20.1 Å². The first-order valence-corrected chi connectivity index (χ1v) is 9.76. The molecular formula is C21H30BrNO3. The van der Waals surface area contributed by atoms with Gasteiger partial charge in [0, 0.05) is 25.2 Å². The van der Waals surface area contributed by atoms with Gasteiger partial charge in [-0.15, -0.1) is 0 Å². The van der Waals surface area contributed by atoms with E-state index in [4.69, 9.17) is 4.74 Å².